The number of esters is 1. The van der Waals surface area contributed by atoms with E-state index < -0.39 is 6.04 Å². The Hall–Kier alpha value is -2.37. The van der Waals surface area contributed by atoms with Crippen molar-refractivity contribution in [1.82, 2.24) is 9.80 Å². The van der Waals surface area contributed by atoms with Crippen LogP contribution >= 0.6 is 0 Å². The average Bonchev–Trinajstić information content (AvgIpc) is 3.27. The molecule has 2 heterocycles. The second kappa shape index (κ2) is 8.14. The van der Waals surface area contributed by atoms with Gasteiger partial charge in [-0.2, -0.15) is 0 Å². The zero-order valence-corrected chi connectivity index (χ0v) is 14.4. The summed E-state index contributed by atoms with van der Waals surface area (Å²) in [5, 5.41) is 0. The molecule has 2 aliphatic rings. The van der Waals surface area contributed by atoms with Crippen LogP contribution in [0.1, 0.15) is 37.7 Å². The fourth-order valence-electron chi connectivity index (χ4n) is 3.45. The third kappa shape index (κ3) is 4.38. The molecule has 1 atom stereocenters. The summed E-state index contributed by atoms with van der Waals surface area (Å²) in [6, 6.07) is 9.01. The van der Waals surface area contributed by atoms with Gasteiger partial charge in [0.15, 0.2) is 0 Å². The van der Waals surface area contributed by atoms with Gasteiger partial charge < -0.3 is 14.5 Å². The molecule has 2 amide bonds. The number of carbonyl (C=O) groups excluding carboxylic acids is 3. The molecular weight excluding hydrogens is 320 g/mol. The van der Waals surface area contributed by atoms with Gasteiger partial charge >= 0.3 is 5.97 Å². The van der Waals surface area contributed by atoms with E-state index in [1.165, 1.54) is 0 Å². The molecular formula is C19H24N2O4. The van der Waals surface area contributed by atoms with Crippen LogP contribution in [0.15, 0.2) is 30.3 Å². The molecule has 2 saturated heterocycles. The van der Waals surface area contributed by atoms with E-state index in [0.29, 0.717) is 25.9 Å². The maximum atomic E-state index is 12.5. The van der Waals surface area contributed by atoms with Crippen molar-refractivity contribution in [3.8, 4) is 0 Å². The molecule has 0 aliphatic carbocycles. The summed E-state index contributed by atoms with van der Waals surface area (Å²) in [7, 11) is 0. The third-order valence-electron chi connectivity index (χ3n) is 4.84. The molecule has 0 spiro atoms. The second-order valence-electron chi connectivity index (χ2n) is 6.57. The number of amides is 2. The zero-order chi connectivity index (χ0) is 17.6. The standard InChI is InChI=1S/C19H24N2O4/c22-17-9-5-11-20(17)13-10-18(23)21-12-4-8-16(21)19(24)25-14-15-6-2-1-3-7-15/h1-3,6-7,16H,4-5,8-14H2/t16-/m0/s1. The van der Waals surface area contributed by atoms with Crippen LogP contribution in [0, 0.1) is 0 Å². The summed E-state index contributed by atoms with van der Waals surface area (Å²) in [6.07, 6.45) is 3.16. The lowest BCUT2D eigenvalue weighted by Crippen LogP contribution is -2.42. The lowest BCUT2D eigenvalue weighted by atomic mass is 10.2. The number of carbonyl (C=O) groups is 3. The Labute approximate surface area is 147 Å². The molecule has 0 radical (unpaired) electrons. The van der Waals surface area contributed by atoms with Crippen molar-refractivity contribution in [2.45, 2.75) is 44.8 Å². The summed E-state index contributed by atoms with van der Waals surface area (Å²) >= 11 is 0. The highest BCUT2D eigenvalue weighted by molar-refractivity contribution is 5.86. The van der Waals surface area contributed by atoms with Crippen LogP contribution in [-0.2, 0) is 25.7 Å². The van der Waals surface area contributed by atoms with Gasteiger partial charge in [0.1, 0.15) is 12.6 Å². The van der Waals surface area contributed by atoms with Gasteiger partial charge in [-0.3, -0.25) is 9.59 Å². The van der Waals surface area contributed by atoms with Crippen molar-refractivity contribution in [3.05, 3.63) is 35.9 Å². The van der Waals surface area contributed by atoms with E-state index in [1.54, 1.807) is 9.80 Å². The van der Waals surface area contributed by atoms with Gasteiger partial charge in [-0.15, -0.1) is 0 Å². The fraction of sp³-hybridized carbons (Fsp3) is 0.526. The Morgan fingerprint density at radius 3 is 2.64 bits per heavy atom. The van der Waals surface area contributed by atoms with Gasteiger partial charge in [0.2, 0.25) is 11.8 Å². The van der Waals surface area contributed by atoms with Crippen LogP contribution in [0.25, 0.3) is 0 Å². The Morgan fingerprint density at radius 2 is 1.92 bits per heavy atom. The molecule has 0 unspecified atom stereocenters. The highest BCUT2D eigenvalue weighted by Crippen LogP contribution is 2.21. The van der Waals surface area contributed by atoms with E-state index >= 15 is 0 Å². The minimum absolute atomic E-state index is 0.0705. The minimum atomic E-state index is -0.495. The van der Waals surface area contributed by atoms with Crippen molar-refractivity contribution in [3.63, 3.8) is 0 Å². The molecule has 1 aromatic carbocycles. The Morgan fingerprint density at radius 1 is 1.12 bits per heavy atom. The topological polar surface area (TPSA) is 66.9 Å². The largest absolute Gasteiger partial charge is 0.459 e. The van der Waals surface area contributed by atoms with Crippen LogP contribution in [0.3, 0.4) is 0 Å². The van der Waals surface area contributed by atoms with Crippen LogP contribution in [0.5, 0.6) is 0 Å². The number of benzene rings is 1. The number of rotatable bonds is 6. The van der Waals surface area contributed by atoms with E-state index in [2.05, 4.69) is 0 Å². The lowest BCUT2D eigenvalue weighted by molar-refractivity contribution is -0.154. The van der Waals surface area contributed by atoms with E-state index in [1.807, 2.05) is 30.3 Å². The lowest BCUT2D eigenvalue weighted by Gasteiger charge is -2.24. The normalized spacial score (nSPS) is 20.2. The first-order valence-electron chi connectivity index (χ1n) is 8.93. The summed E-state index contributed by atoms with van der Waals surface area (Å²) in [5.74, 6) is -0.293. The number of nitrogens with zero attached hydrogens (tertiary/aromatic N) is 2. The number of likely N-dealkylation sites (tertiary alicyclic amines) is 2. The predicted molar refractivity (Wildman–Crippen MR) is 91.4 cm³/mol. The van der Waals surface area contributed by atoms with Crippen molar-refractivity contribution in [2.24, 2.45) is 0 Å². The van der Waals surface area contributed by atoms with Gasteiger partial charge in [-0.1, -0.05) is 30.3 Å². The SMILES string of the molecule is O=C(OCc1ccccc1)[C@@H]1CCCN1C(=O)CCN1CCCC1=O. The van der Waals surface area contributed by atoms with Crippen LogP contribution in [0.4, 0.5) is 0 Å². The molecule has 2 aliphatic heterocycles. The molecule has 1 aromatic rings. The molecule has 2 fully saturated rings. The van der Waals surface area contributed by atoms with Crippen molar-refractivity contribution < 1.29 is 19.1 Å². The van der Waals surface area contributed by atoms with E-state index in [0.717, 1.165) is 24.9 Å². The van der Waals surface area contributed by atoms with Crippen LogP contribution in [0.2, 0.25) is 0 Å². The molecule has 134 valence electrons. The Bertz CT molecular complexity index is 632. The highest BCUT2D eigenvalue weighted by Gasteiger charge is 2.35. The number of hydrogen-bond acceptors (Lipinski definition) is 4. The second-order valence-corrected chi connectivity index (χ2v) is 6.57. The average molecular weight is 344 g/mol. The molecule has 6 nitrogen and oxygen atoms in total. The van der Waals surface area contributed by atoms with Crippen molar-refractivity contribution in [2.75, 3.05) is 19.6 Å². The number of ether oxygens (including phenoxy) is 1. The summed E-state index contributed by atoms with van der Waals surface area (Å²) in [5.41, 5.74) is 0.930. The maximum Gasteiger partial charge on any atom is 0.329 e. The molecule has 0 saturated carbocycles. The van der Waals surface area contributed by atoms with Gasteiger partial charge in [-0.25, -0.2) is 4.79 Å². The minimum Gasteiger partial charge on any atom is -0.459 e. The predicted octanol–water partition coefficient (Wildman–Crippen LogP) is 1.73. The number of hydrogen-bond donors (Lipinski definition) is 0. The fourth-order valence-corrected chi connectivity index (χ4v) is 3.45. The van der Waals surface area contributed by atoms with Crippen LogP contribution < -0.4 is 0 Å². The first kappa shape index (κ1) is 17.5. The Balaban J connectivity index is 1.49. The maximum absolute atomic E-state index is 12.5. The van der Waals surface area contributed by atoms with E-state index in [9.17, 15) is 14.4 Å². The molecule has 3 rings (SSSR count). The van der Waals surface area contributed by atoms with E-state index in [4.69, 9.17) is 4.74 Å². The molecule has 25 heavy (non-hydrogen) atoms. The van der Waals surface area contributed by atoms with Gasteiger partial charge in [-0.05, 0) is 24.8 Å². The van der Waals surface area contributed by atoms with Crippen LogP contribution in [-0.4, -0.2) is 53.3 Å². The summed E-state index contributed by atoms with van der Waals surface area (Å²) < 4.78 is 5.39. The Kier molecular flexibility index (Phi) is 5.68. The van der Waals surface area contributed by atoms with Crippen molar-refractivity contribution in [1.29, 1.82) is 0 Å². The monoisotopic (exact) mass is 344 g/mol. The van der Waals surface area contributed by atoms with Gasteiger partial charge in [0.25, 0.3) is 0 Å². The van der Waals surface area contributed by atoms with Gasteiger partial charge in [0.05, 0.1) is 0 Å². The first-order chi connectivity index (χ1) is 12.1. The molecule has 6 heteroatoms. The third-order valence-corrected chi connectivity index (χ3v) is 4.84. The van der Waals surface area contributed by atoms with E-state index in [-0.39, 0.29) is 30.8 Å². The molecule has 0 bridgehead atoms. The first-order valence-corrected chi connectivity index (χ1v) is 8.93. The highest BCUT2D eigenvalue weighted by atomic mass is 16.5. The summed E-state index contributed by atoms with van der Waals surface area (Å²) in [6.45, 7) is 1.98. The van der Waals surface area contributed by atoms with Crippen molar-refractivity contribution >= 4 is 17.8 Å². The molecule has 0 aromatic heterocycles. The quantitative estimate of drug-likeness (QED) is 0.737. The summed E-state index contributed by atoms with van der Waals surface area (Å²) in [4.78, 5) is 39.8. The molecule has 0 N–H and O–H groups in total. The van der Waals surface area contributed by atoms with Gasteiger partial charge in [0, 0.05) is 32.5 Å². The smallest absolute Gasteiger partial charge is 0.329 e. The zero-order valence-electron chi connectivity index (χ0n) is 14.4.